The van der Waals surface area contributed by atoms with Gasteiger partial charge in [-0.15, -0.1) is 0 Å². The zero-order valence-electron chi connectivity index (χ0n) is 15.0. The van der Waals surface area contributed by atoms with Gasteiger partial charge in [-0.05, 0) is 5.92 Å². The standard InChI is InChI=1S/C21H42/c1-2-3-4-5-6-7-8-9-10-11-12-15-18-21-19-16-13-14-17-20-21/h21H,2-20H2,1H3. The summed E-state index contributed by atoms with van der Waals surface area (Å²) in [6.07, 6.45) is 28.4. The molecular weight excluding hydrogens is 252 g/mol. The minimum absolute atomic E-state index is 1.09. The molecule has 0 aromatic carbocycles. The van der Waals surface area contributed by atoms with Crippen molar-refractivity contribution in [1.82, 2.24) is 0 Å². The van der Waals surface area contributed by atoms with Crippen molar-refractivity contribution in [3.63, 3.8) is 0 Å². The third kappa shape index (κ3) is 12.2. The Morgan fingerprint density at radius 1 is 0.524 bits per heavy atom. The van der Waals surface area contributed by atoms with Gasteiger partial charge in [0.2, 0.25) is 0 Å². The van der Waals surface area contributed by atoms with E-state index in [1.54, 1.807) is 0 Å². The van der Waals surface area contributed by atoms with Crippen LogP contribution in [-0.2, 0) is 0 Å². The Balaban J connectivity index is 1.74. The van der Waals surface area contributed by atoms with Gasteiger partial charge in [0.05, 0.1) is 0 Å². The van der Waals surface area contributed by atoms with Gasteiger partial charge < -0.3 is 0 Å². The molecule has 0 bridgehead atoms. The Labute approximate surface area is 135 Å². The van der Waals surface area contributed by atoms with Crippen LogP contribution in [0, 0.1) is 5.92 Å². The summed E-state index contributed by atoms with van der Waals surface area (Å²) in [6, 6.07) is 0. The molecule has 21 heavy (non-hydrogen) atoms. The first kappa shape index (κ1) is 19.0. The van der Waals surface area contributed by atoms with Gasteiger partial charge in [0.1, 0.15) is 0 Å². The first-order valence-corrected chi connectivity index (χ1v) is 10.4. The van der Waals surface area contributed by atoms with Crippen LogP contribution in [0.5, 0.6) is 0 Å². The molecule has 1 fully saturated rings. The lowest BCUT2D eigenvalue weighted by molar-refractivity contribution is 0.404. The van der Waals surface area contributed by atoms with Crippen LogP contribution in [0.1, 0.15) is 129 Å². The quantitative estimate of drug-likeness (QED) is 0.238. The lowest BCUT2D eigenvalue weighted by atomic mass is 9.93. The van der Waals surface area contributed by atoms with E-state index in [2.05, 4.69) is 6.92 Å². The van der Waals surface area contributed by atoms with Crippen molar-refractivity contribution in [2.45, 2.75) is 129 Å². The minimum Gasteiger partial charge on any atom is -0.0654 e. The average Bonchev–Trinajstić information content (AvgIpc) is 2.77. The van der Waals surface area contributed by atoms with Gasteiger partial charge >= 0.3 is 0 Å². The Morgan fingerprint density at radius 2 is 0.952 bits per heavy atom. The highest BCUT2D eigenvalue weighted by Gasteiger charge is 2.11. The molecule has 0 aromatic heterocycles. The predicted octanol–water partition coefficient (Wildman–Crippen LogP) is 8.05. The zero-order valence-corrected chi connectivity index (χ0v) is 15.0. The Kier molecular flexibility index (Phi) is 13.5. The molecule has 0 nitrogen and oxygen atoms in total. The summed E-state index contributed by atoms with van der Waals surface area (Å²) in [5, 5.41) is 0. The molecule has 0 amide bonds. The fourth-order valence-corrected chi connectivity index (χ4v) is 3.93. The maximum Gasteiger partial charge on any atom is -0.0414 e. The van der Waals surface area contributed by atoms with Gasteiger partial charge in [0.15, 0.2) is 0 Å². The summed E-state index contributed by atoms with van der Waals surface area (Å²) in [6.45, 7) is 2.30. The van der Waals surface area contributed by atoms with E-state index in [-0.39, 0.29) is 0 Å². The van der Waals surface area contributed by atoms with Crippen molar-refractivity contribution in [1.29, 1.82) is 0 Å². The number of rotatable bonds is 13. The monoisotopic (exact) mass is 294 g/mol. The van der Waals surface area contributed by atoms with Crippen molar-refractivity contribution < 1.29 is 0 Å². The van der Waals surface area contributed by atoms with Gasteiger partial charge in [-0.1, -0.05) is 129 Å². The third-order valence-corrected chi connectivity index (χ3v) is 5.44. The summed E-state index contributed by atoms with van der Waals surface area (Å²) < 4.78 is 0. The second-order valence-corrected chi connectivity index (χ2v) is 7.54. The van der Waals surface area contributed by atoms with Crippen LogP contribution in [-0.4, -0.2) is 0 Å². The van der Waals surface area contributed by atoms with E-state index in [1.807, 2.05) is 0 Å². The molecule has 0 spiro atoms. The first-order valence-electron chi connectivity index (χ1n) is 10.4. The molecule has 1 saturated carbocycles. The lowest BCUT2D eigenvalue weighted by Gasteiger charge is -2.13. The van der Waals surface area contributed by atoms with Crippen LogP contribution < -0.4 is 0 Å². The maximum atomic E-state index is 2.30. The van der Waals surface area contributed by atoms with Gasteiger partial charge in [-0.25, -0.2) is 0 Å². The fourth-order valence-electron chi connectivity index (χ4n) is 3.93. The topological polar surface area (TPSA) is 0 Å². The van der Waals surface area contributed by atoms with Crippen LogP contribution in [0.4, 0.5) is 0 Å². The molecule has 0 N–H and O–H groups in total. The van der Waals surface area contributed by atoms with E-state index in [1.165, 1.54) is 122 Å². The summed E-state index contributed by atoms with van der Waals surface area (Å²) in [7, 11) is 0. The molecule has 0 aromatic rings. The average molecular weight is 295 g/mol. The first-order chi connectivity index (χ1) is 10.4. The smallest absolute Gasteiger partial charge is 0.0414 e. The predicted molar refractivity (Wildman–Crippen MR) is 96.9 cm³/mol. The zero-order chi connectivity index (χ0) is 15.0. The van der Waals surface area contributed by atoms with Crippen LogP contribution in [0.15, 0.2) is 0 Å². The molecule has 0 heterocycles. The summed E-state index contributed by atoms with van der Waals surface area (Å²) in [5.41, 5.74) is 0. The second kappa shape index (κ2) is 14.9. The molecule has 126 valence electrons. The van der Waals surface area contributed by atoms with E-state index in [9.17, 15) is 0 Å². The lowest BCUT2D eigenvalue weighted by Crippen LogP contribution is -1.98. The highest BCUT2D eigenvalue weighted by Crippen LogP contribution is 2.27. The summed E-state index contributed by atoms with van der Waals surface area (Å²) in [5.74, 6) is 1.09. The Hall–Kier alpha value is 0. The van der Waals surface area contributed by atoms with E-state index < -0.39 is 0 Å². The third-order valence-electron chi connectivity index (χ3n) is 5.44. The van der Waals surface area contributed by atoms with Crippen molar-refractivity contribution in [2.75, 3.05) is 0 Å². The molecule has 0 aliphatic heterocycles. The Morgan fingerprint density at radius 3 is 1.43 bits per heavy atom. The fraction of sp³-hybridized carbons (Fsp3) is 1.00. The van der Waals surface area contributed by atoms with Gasteiger partial charge in [0, 0.05) is 0 Å². The van der Waals surface area contributed by atoms with E-state index in [0.29, 0.717) is 0 Å². The minimum atomic E-state index is 1.09. The molecule has 0 radical (unpaired) electrons. The van der Waals surface area contributed by atoms with Gasteiger partial charge in [-0.2, -0.15) is 0 Å². The molecule has 1 aliphatic carbocycles. The summed E-state index contributed by atoms with van der Waals surface area (Å²) in [4.78, 5) is 0. The highest BCUT2D eigenvalue weighted by molar-refractivity contribution is 4.64. The van der Waals surface area contributed by atoms with Gasteiger partial charge in [-0.3, -0.25) is 0 Å². The number of hydrogen-bond donors (Lipinski definition) is 0. The van der Waals surface area contributed by atoms with Crippen LogP contribution >= 0.6 is 0 Å². The van der Waals surface area contributed by atoms with Gasteiger partial charge in [0.25, 0.3) is 0 Å². The van der Waals surface area contributed by atoms with E-state index in [4.69, 9.17) is 0 Å². The second-order valence-electron chi connectivity index (χ2n) is 7.54. The molecule has 1 aliphatic rings. The molecule has 0 saturated heterocycles. The van der Waals surface area contributed by atoms with Crippen LogP contribution in [0.3, 0.4) is 0 Å². The van der Waals surface area contributed by atoms with E-state index in [0.717, 1.165) is 5.92 Å². The number of hydrogen-bond acceptors (Lipinski definition) is 0. The van der Waals surface area contributed by atoms with Crippen LogP contribution in [0.2, 0.25) is 0 Å². The highest BCUT2D eigenvalue weighted by atomic mass is 14.2. The van der Waals surface area contributed by atoms with Crippen molar-refractivity contribution >= 4 is 0 Å². The normalized spacial score (nSPS) is 17.0. The van der Waals surface area contributed by atoms with Crippen molar-refractivity contribution in [2.24, 2.45) is 5.92 Å². The molecule has 1 rings (SSSR count). The van der Waals surface area contributed by atoms with E-state index >= 15 is 0 Å². The van der Waals surface area contributed by atoms with Crippen LogP contribution in [0.25, 0.3) is 0 Å². The largest absolute Gasteiger partial charge is 0.0654 e. The molecule has 0 heteroatoms. The molecule has 0 atom stereocenters. The number of unbranched alkanes of at least 4 members (excludes halogenated alkanes) is 11. The maximum absolute atomic E-state index is 2.30. The van der Waals surface area contributed by atoms with Crippen molar-refractivity contribution in [3.8, 4) is 0 Å². The SMILES string of the molecule is CCCCCCCCCCCCCCC1CCCCCC1. The molecular formula is C21H42. The summed E-state index contributed by atoms with van der Waals surface area (Å²) >= 11 is 0. The Bertz CT molecular complexity index is 188. The van der Waals surface area contributed by atoms with Crippen molar-refractivity contribution in [3.05, 3.63) is 0 Å². The molecule has 0 unspecified atom stereocenters.